The monoisotopic (exact) mass is 293 g/mol. The lowest BCUT2D eigenvalue weighted by atomic mass is 9.95. The summed E-state index contributed by atoms with van der Waals surface area (Å²) in [6.07, 6.45) is 1.96. The molecule has 1 aromatic heterocycles. The molecule has 0 unspecified atom stereocenters. The fraction of sp³-hybridized carbons (Fsp3) is 0.667. The minimum Gasteiger partial charge on any atom is -0.469 e. The molecular weight excluding hydrogens is 270 g/mol. The molecule has 6 heteroatoms. The number of nitrogens with one attached hydrogen (secondary N) is 2. The second-order valence-electron chi connectivity index (χ2n) is 6.00. The second-order valence-corrected chi connectivity index (χ2v) is 6.00. The Kier molecular flexibility index (Phi) is 4.34. The number of rotatable bonds is 6. The molecule has 1 saturated carbocycles. The summed E-state index contributed by atoms with van der Waals surface area (Å²) in [5.41, 5.74) is 2.55. The van der Waals surface area contributed by atoms with E-state index in [0.717, 1.165) is 29.8 Å². The maximum Gasteiger partial charge on any atom is 0.313 e. The normalized spacial score (nSPS) is 17.1. The molecular formula is C15H23N3O3. The number of amides is 1. The van der Waals surface area contributed by atoms with E-state index in [4.69, 9.17) is 4.74 Å². The van der Waals surface area contributed by atoms with Gasteiger partial charge in [0.2, 0.25) is 5.91 Å². The van der Waals surface area contributed by atoms with Crippen LogP contribution < -0.4 is 5.32 Å². The number of hydrogen-bond acceptors (Lipinski definition) is 4. The van der Waals surface area contributed by atoms with Gasteiger partial charge in [0.05, 0.1) is 18.2 Å². The molecule has 2 N–H and O–H groups in total. The molecule has 6 nitrogen and oxygen atoms in total. The summed E-state index contributed by atoms with van der Waals surface area (Å²) in [4.78, 5) is 23.7. The smallest absolute Gasteiger partial charge is 0.313 e. The first kappa shape index (κ1) is 15.5. The second kappa shape index (κ2) is 5.87. The van der Waals surface area contributed by atoms with Crippen molar-refractivity contribution in [1.29, 1.82) is 0 Å². The molecule has 0 spiro atoms. The van der Waals surface area contributed by atoms with E-state index >= 15 is 0 Å². The lowest BCUT2D eigenvalue weighted by Crippen LogP contribution is -2.35. The fourth-order valence-electron chi connectivity index (χ4n) is 2.83. The first-order valence-electron chi connectivity index (χ1n) is 7.26. The highest BCUT2D eigenvalue weighted by molar-refractivity contribution is 5.82. The highest BCUT2D eigenvalue weighted by atomic mass is 16.5. The Labute approximate surface area is 124 Å². The van der Waals surface area contributed by atoms with Crippen molar-refractivity contribution in [2.45, 2.75) is 46.0 Å². The van der Waals surface area contributed by atoms with Gasteiger partial charge in [0.1, 0.15) is 0 Å². The van der Waals surface area contributed by atoms with Crippen LogP contribution in [0.3, 0.4) is 0 Å². The van der Waals surface area contributed by atoms with Gasteiger partial charge in [-0.2, -0.15) is 5.10 Å². The van der Waals surface area contributed by atoms with Gasteiger partial charge in [-0.15, -0.1) is 0 Å². The maximum atomic E-state index is 12.1. The summed E-state index contributed by atoms with van der Waals surface area (Å²) in [7, 11) is 1.39. The van der Waals surface area contributed by atoms with Gasteiger partial charge >= 0.3 is 5.97 Å². The molecule has 1 aliphatic rings. The average Bonchev–Trinajstić information content (AvgIpc) is 3.16. The van der Waals surface area contributed by atoms with Crippen molar-refractivity contribution < 1.29 is 14.3 Å². The summed E-state index contributed by atoms with van der Waals surface area (Å²) in [5.74, 6) is -0.174. The Morgan fingerprint density at radius 1 is 1.43 bits per heavy atom. The SMILES string of the molecule is COC(=O)C1(CNC(=O)C[C@H](C)c2c(C)n[nH]c2C)CC1. The maximum absolute atomic E-state index is 12.1. The van der Waals surface area contributed by atoms with Crippen molar-refractivity contribution in [1.82, 2.24) is 15.5 Å². The molecule has 1 aliphatic carbocycles. The molecule has 0 aromatic carbocycles. The van der Waals surface area contributed by atoms with E-state index in [9.17, 15) is 9.59 Å². The van der Waals surface area contributed by atoms with Crippen molar-refractivity contribution >= 4 is 11.9 Å². The van der Waals surface area contributed by atoms with Crippen molar-refractivity contribution in [3.8, 4) is 0 Å². The van der Waals surface area contributed by atoms with E-state index in [1.807, 2.05) is 20.8 Å². The number of ether oxygens (including phenoxy) is 1. The van der Waals surface area contributed by atoms with Crippen LogP contribution in [-0.4, -0.2) is 35.7 Å². The number of carbonyl (C=O) groups excluding carboxylic acids is 2. The first-order valence-corrected chi connectivity index (χ1v) is 7.26. The third kappa shape index (κ3) is 3.25. The number of carbonyl (C=O) groups is 2. The summed E-state index contributed by atoms with van der Waals surface area (Å²) < 4.78 is 4.78. The highest BCUT2D eigenvalue weighted by Gasteiger charge is 2.51. The van der Waals surface area contributed by atoms with Crippen LogP contribution in [0.4, 0.5) is 0 Å². The summed E-state index contributed by atoms with van der Waals surface area (Å²) in [5, 5.41) is 9.96. The number of aryl methyl sites for hydroxylation is 2. The van der Waals surface area contributed by atoms with Crippen LogP contribution in [-0.2, 0) is 14.3 Å². The third-order valence-electron chi connectivity index (χ3n) is 4.27. The number of aromatic nitrogens is 2. The summed E-state index contributed by atoms with van der Waals surface area (Å²) in [6, 6.07) is 0. The van der Waals surface area contributed by atoms with Crippen LogP contribution in [0.2, 0.25) is 0 Å². The lowest BCUT2D eigenvalue weighted by molar-refractivity contribution is -0.147. The largest absolute Gasteiger partial charge is 0.469 e. The standard InChI is InChI=1S/C15H23N3O3/c1-9(13-10(2)17-18-11(13)3)7-12(19)16-8-15(5-6-15)14(20)21-4/h9H,5-8H2,1-4H3,(H,16,19)(H,17,18)/t9-/m0/s1. The Morgan fingerprint density at radius 2 is 2.10 bits per heavy atom. The van der Waals surface area contributed by atoms with Crippen molar-refractivity contribution in [2.75, 3.05) is 13.7 Å². The topological polar surface area (TPSA) is 84.1 Å². The van der Waals surface area contributed by atoms with Gasteiger partial charge in [-0.05, 0) is 38.2 Å². The third-order valence-corrected chi connectivity index (χ3v) is 4.27. The van der Waals surface area contributed by atoms with Crippen LogP contribution in [0.1, 0.15) is 49.1 Å². The fourth-order valence-corrected chi connectivity index (χ4v) is 2.83. The van der Waals surface area contributed by atoms with Gasteiger partial charge in [-0.3, -0.25) is 14.7 Å². The van der Waals surface area contributed by atoms with E-state index in [1.54, 1.807) is 0 Å². The van der Waals surface area contributed by atoms with E-state index in [2.05, 4.69) is 15.5 Å². The van der Waals surface area contributed by atoms with Gasteiger partial charge < -0.3 is 10.1 Å². The van der Waals surface area contributed by atoms with Gasteiger partial charge in [0, 0.05) is 18.7 Å². The zero-order chi connectivity index (χ0) is 15.6. The molecule has 0 radical (unpaired) electrons. The number of nitrogens with zero attached hydrogens (tertiary/aromatic N) is 1. The molecule has 0 saturated heterocycles. The number of hydrogen-bond donors (Lipinski definition) is 2. The van der Waals surface area contributed by atoms with Crippen LogP contribution in [0, 0.1) is 19.3 Å². The molecule has 1 heterocycles. The van der Waals surface area contributed by atoms with Gasteiger partial charge in [-0.1, -0.05) is 6.92 Å². The van der Waals surface area contributed by atoms with Crippen molar-refractivity contribution in [3.63, 3.8) is 0 Å². The van der Waals surface area contributed by atoms with Crippen LogP contribution in [0.25, 0.3) is 0 Å². The van der Waals surface area contributed by atoms with Gasteiger partial charge in [0.25, 0.3) is 0 Å². The Bertz CT molecular complexity index is 527. The summed E-state index contributed by atoms with van der Waals surface area (Å²) >= 11 is 0. The highest BCUT2D eigenvalue weighted by Crippen LogP contribution is 2.46. The van der Waals surface area contributed by atoms with E-state index in [-0.39, 0.29) is 17.8 Å². The molecule has 0 bridgehead atoms. The zero-order valence-electron chi connectivity index (χ0n) is 13.1. The number of H-pyrrole nitrogens is 1. The molecule has 21 heavy (non-hydrogen) atoms. The predicted octanol–water partition coefficient (Wildman–Crippen LogP) is 1.59. The minimum atomic E-state index is -0.477. The van der Waals surface area contributed by atoms with Crippen molar-refractivity contribution in [2.24, 2.45) is 5.41 Å². The number of aromatic amines is 1. The first-order chi connectivity index (χ1) is 9.89. The molecule has 0 aliphatic heterocycles. The Morgan fingerprint density at radius 3 is 2.57 bits per heavy atom. The molecule has 2 rings (SSSR count). The van der Waals surface area contributed by atoms with Crippen LogP contribution in [0.15, 0.2) is 0 Å². The average molecular weight is 293 g/mol. The molecule has 1 atom stereocenters. The van der Waals surface area contributed by atoms with Gasteiger partial charge in [-0.25, -0.2) is 0 Å². The van der Waals surface area contributed by atoms with E-state index in [0.29, 0.717) is 13.0 Å². The minimum absolute atomic E-state index is 0.0438. The van der Waals surface area contributed by atoms with Crippen LogP contribution >= 0.6 is 0 Å². The van der Waals surface area contributed by atoms with E-state index in [1.165, 1.54) is 7.11 Å². The predicted molar refractivity (Wildman–Crippen MR) is 77.8 cm³/mol. The molecule has 1 fully saturated rings. The molecule has 116 valence electrons. The van der Waals surface area contributed by atoms with Crippen LogP contribution in [0.5, 0.6) is 0 Å². The molecule has 1 amide bonds. The lowest BCUT2D eigenvalue weighted by Gasteiger charge is -2.16. The van der Waals surface area contributed by atoms with Crippen molar-refractivity contribution in [3.05, 3.63) is 17.0 Å². The number of methoxy groups -OCH3 is 1. The summed E-state index contributed by atoms with van der Waals surface area (Å²) in [6.45, 7) is 6.27. The quantitative estimate of drug-likeness (QED) is 0.780. The van der Waals surface area contributed by atoms with Gasteiger partial charge in [0.15, 0.2) is 0 Å². The zero-order valence-corrected chi connectivity index (χ0v) is 13.1. The van der Waals surface area contributed by atoms with E-state index < -0.39 is 5.41 Å². The Balaban J connectivity index is 1.87. The number of esters is 1. The molecule has 1 aromatic rings. The Hall–Kier alpha value is -1.85.